The van der Waals surface area contributed by atoms with Crippen LogP contribution in [0.3, 0.4) is 0 Å². The molecule has 1 saturated carbocycles. The van der Waals surface area contributed by atoms with Gasteiger partial charge in [0.2, 0.25) is 5.91 Å². The minimum absolute atomic E-state index is 0.122. The lowest BCUT2D eigenvalue weighted by atomic mass is 9.94. The van der Waals surface area contributed by atoms with E-state index in [4.69, 9.17) is 0 Å². The van der Waals surface area contributed by atoms with Crippen molar-refractivity contribution in [3.63, 3.8) is 0 Å². The number of rotatable bonds is 11. The Kier molecular flexibility index (Phi) is 7.57. The molecule has 0 radical (unpaired) electrons. The van der Waals surface area contributed by atoms with Crippen LogP contribution in [0.5, 0.6) is 0 Å². The smallest absolute Gasteiger partial charge is 0.220 e. The van der Waals surface area contributed by atoms with E-state index >= 15 is 0 Å². The number of nitrogens with one attached hydrogen (secondary N) is 2. The maximum absolute atomic E-state index is 12.2. The van der Waals surface area contributed by atoms with E-state index in [9.17, 15) is 4.79 Å². The highest BCUT2D eigenvalue weighted by Gasteiger charge is 2.48. The maximum Gasteiger partial charge on any atom is 0.220 e. The average molecular weight is 325 g/mol. The second kappa shape index (κ2) is 8.50. The molecule has 1 aliphatic carbocycles. The molecule has 2 N–H and O–H groups in total. The molecule has 1 fully saturated rings. The van der Waals surface area contributed by atoms with Gasteiger partial charge in [0.15, 0.2) is 0 Å². The van der Waals surface area contributed by atoms with E-state index in [1.165, 1.54) is 19.3 Å². The van der Waals surface area contributed by atoms with Crippen LogP contribution in [0, 0.1) is 17.3 Å². The second-order valence-electron chi connectivity index (χ2n) is 9.33. The van der Waals surface area contributed by atoms with Gasteiger partial charge in [0.05, 0.1) is 0 Å². The summed E-state index contributed by atoms with van der Waals surface area (Å²) in [5.41, 5.74) is 0.393. The highest BCUT2D eigenvalue weighted by molar-refractivity contribution is 5.76. The molecule has 136 valence electrons. The number of hydrogen-bond donors (Lipinski definition) is 2. The summed E-state index contributed by atoms with van der Waals surface area (Å²) in [5, 5.41) is 6.62. The average Bonchev–Trinajstić information content (AvgIpc) is 2.96. The lowest BCUT2D eigenvalue weighted by Crippen LogP contribution is -2.45. The van der Waals surface area contributed by atoms with Crippen LogP contribution < -0.4 is 10.6 Å². The van der Waals surface area contributed by atoms with E-state index in [1.54, 1.807) is 0 Å². The van der Waals surface area contributed by atoms with Crippen LogP contribution in [0.15, 0.2) is 0 Å². The molecule has 3 nitrogen and oxygen atoms in total. The predicted molar refractivity (Wildman–Crippen MR) is 99.5 cm³/mol. The zero-order valence-electron chi connectivity index (χ0n) is 16.6. The Bertz CT molecular complexity index is 376. The molecule has 0 aliphatic heterocycles. The third kappa shape index (κ3) is 8.19. The van der Waals surface area contributed by atoms with Crippen LogP contribution in [0.2, 0.25) is 0 Å². The topological polar surface area (TPSA) is 41.1 Å². The summed E-state index contributed by atoms with van der Waals surface area (Å²) in [4.78, 5) is 12.2. The molecule has 3 heteroatoms. The number of hydrogen-bond acceptors (Lipinski definition) is 2. The van der Waals surface area contributed by atoms with Gasteiger partial charge in [0, 0.05) is 18.0 Å². The molecule has 1 amide bonds. The van der Waals surface area contributed by atoms with Crippen molar-refractivity contribution in [3.05, 3.63) is 0 Å². The molecule has 23 heavy (non-hydrogen) atoms. The summed E-state index contributed by atoms with van der Waals surface area (Å²) in [6.07, 6.45) is 6.57. The summed E-state index contributed by atoms with van der Waals surface area (Å²) in [5.74, 6) is 1.90. The highest BCUT2D eigenvalue weighted by atomic mass is 16.1. The lowest BCUT2D eigenvalue weighted by Gasteiger charge is -2.27. The zero-order chi connectivity index (χ0) is 17.7. The van der Waals surface area contributed by atoms with E-state index in [2.05, 4.69) is 59.1 Å². The van der Waals surface area contributed by atoms with Gasteiger partial charge >= 0.3 is 0 Å². The number of carbonyl (C=O) groups excluding carboxylic acids is 1. The van der Waals surface area contributed by atoms with Crippen LogP contribution in [0.25, 0.3) is 0 Å². The molecular formula is C20H40N2O. The summed E-state index contributed by atoms with van der Waals surface area (Å²) in [7, 11) is 0. The Morgan fingerprint density at radius 3 is 2.48 bits per heavy atom. The van der Waals surface area contributed by atoms with Crippen LogP contribution in [-0.2, 0) is 4.79 Å². The molecule has 2 unspecified atom stereocenters. The van der Waals surface area contributed by atoms with Crippen molar-refractivity contribution in [2.45, 2.75) is 98.6 Å². The Balaban J connectivity index is 2.19. The first-order valence-corrected chi connectivity index (χ1v) is 9.58. The largest absolute Gasteiger partial charge is 0.351 e. The molecule has 0 heterocycles. The van der Waals surface area contributed by atoms with Crippen molar-refractivity contribution in [1.82, 2.24) is 10.6 Å². The fraction of sp³-hybridized carbons (Fsp3) is 0.950. The first-order valence-electron chi connectivity index (χ1n) is 9.58. The second-order valence-corrected chi connectivity index (χ2v) is 9.33. The predicted octanol–water partition coefficient (Wildman–Crippen LogP) is 4.51. The van der Waals surface area contributed by atoms with E-state index in [1.807, 2.05) is 0 Å². The van der Waals surface area contributed by atoms with Crippen molar-refractivity contribution in [2.24, 2.45) is 17.3 Å². The molecular weight excluding hydrogens is 284 g/mol. The molecule has 1 aliphatic rings. The van der Waals surface area contributed by atoms with Crippen molar-refractivity contribution >= 4 is 5.91 Å². The Morgan fingerprint density at radius 2 is 1.91 bits per heavy atom. The SMILES string of the molecule is CC(C)CC1CC1(C)CCCC(=O)NC(C)(C)CCNC(C)C. The van der Waals surface area contributed by atoms with E-state index in [0.29, 0.717) is 17.9 Å². The molecule has 0 aromatic rings. The lowest BCUT2D eigenvalue weighted by molar-refractivity contribution is -0.122. The molecule has 0 aromatic heterocycles. The first kappa shape index (κ1) is 20.5. The van der Waals surface area contributed by atoms with Gasteiger partial charge in [-0.3, -0.25) is 4.79 Å². The Hall–Kier alpha value is -0.570. The molecule has 0 saturated heterocycles. The summed E-state index contributed by atoms with van der Waals surface area (Å²) in [6.45, 7) is 16.5. The van der Waals surface area contributed by atoms with Crippen molar-refractivity contribution < 1.29 is 4.79 Å². The van der Waals surface area contributed by atoms with Crippen molar-refractivity contribution in [2.75, 3.05) is 6.54 Å². The summed E-state index contributed by atoms with van der Waals surface area (Å²) >= 11 is 0. The van der Waals surface area contributed by atoms with Gasteiger partial charge in [-0.1, -0.05) is 34.6 Å². The third-order valence-corrected chi connectivity index (χ3v) is 5.23. The van der Waals surface area contributed by atoms with Gasteiger partial charge in [-0.25, -0.2) is 0 Å². The van der Waals surface area contributed by atoms with Crippen LogP contribution in [-0.4, -0.2) is 24.0 Å². The van der Waals surface area contributed by atoms with Gasteiger partial charge in [-0.15, -0.1) is 0 Å². The minimum Gasteiger partial charge on any atom is -0.351 e. The van der Waals surface area contributed by atoms with Gasteiger partial charge in [-0.05, 0) is 69.7 Å². The van der Waals surface area contributed by atoms with Crippen molar-refractivity contribution in [1.29, 1.82) is 0 Å². The van der Waals surface area contributed by atoms with E-state index in [-0.39, 0.29) is 11.4 Å². The molecule has 2 atom stereocenters. The molecule has 0 spiro atoms. The molecule has 0 aromatic carbocycles. The Morgan fingerprint density at radius 1 is 1.26 bits per heavy atom. The van der Waals surface area contributed by atoms with Crippen molar-refractivity contribution in [3.8, 4) is 0 Å². The fourth-order valence-corrected chi connectivity index (χ4v) is 3.58. The van der Waals surface area contributed by atoms with Gasteiger partial charge in [0.1, 0.15) is 0 Å². The van der Waals surface area contributed by atoms with Gasteiger partial charge in [0.25, 0.3) is 0 Å². The number of amides is 1. The zero-order valence-corrected chi connectivity index (χ0v) is 16.6. The normalized spacial score (nSPS) is 24.3. The van der Waals surface area contributed by atoms with Crippen LogP contribution >= 0.6 is 0 Å². The molecule has 1 rings (SSSR count). The summed E-state index contributed by atoms with van der Waals surface area (Å²) in [6, 6.07) is 0.500. The molecule has 0 bridgehead atoms. The number of carbonyl (C=O) groups is 1. The van der Waals surface area contributed by atoms with E-state index < -0.39 is 0 Å². The first-order chi connectivity index (χ1) is 10.5. The van der Waals surface area contributed by atoms with Gasteiger partial charge < -0.3 is 10.6 Å². The van der Waals surface area contributed by atoms with E-state index in [0.717, 1.165) is 31.2 Å². The van der Waals surface area contributed by atoms with Crippen LogP contribution in [0.1, 0.15) is 87.0 Å². The fourth-order valence-electron chi connectivity index (χ4n) is 3.58. The standard InChI is InChI=1S/C20H40N2O/c1-15(2)13-17-14-20(17,7)10-8-9-18(23)22-19(5,6)11-12-21-16(3)4/h15-17,21H,8-14H2,1-7H3,(H,22,23). The highest BCUT2D eigenvalue weighted by Crippen LogP contribution is 2.58. The Labute approximate surface area is 144 Å². The third-order valence-electron chi connectivity index (χ3n) is 5.23. The monoisotopic (exact) mass is 324 g/mol. The minimum atomic E-state index is -0.122. The summed E-state index contributed by atoms with van der Waals surface area (Å²) < 4.78 is 0. The maximum atomic E-state index is 12.2. The van der Waals surface area contributed by atoms with Crippen LogP contribution in [0.4, 0.5) is 0 Å². The van der Waals surface area contributed by atoms with Gasteiger partial charge in [-0.2, -0.15) is 0 Å². The quantitative estimate of drug-likeness (QED) is 0.587.